The van der Waals surface area contributed by atoms with Gasteiger partial charge in [0.15, 0.2) is 0 Å². The first-order valence-electron chi connectivity index (χ1n) is 11.2. The van der Waals surface area contributed by atoms with E-state index in [4.69, 9.17) is 4.74 Å². The zero-order valence-corrected chi connectivity index (χ0v) is 19.7. The molecule has 0 bridgehead atoms. The molecule has 0 aliphatic carbocycles. The van der Waals surface area contributed by atoms with E-state index in [0.29, 0.717) is 31.9 Å². The van der Waals surface area contributed by atoms with Gasteiger partial charge in [-0.1, -0.05) is 48.5 Å². The Labute approximate surface area is 199 Å². The quantitative estimate of drug-likeness (QED) is 0.422. The van der Waals surface area contributed by atoms with E-state index < -0.39 is 10.0 Å². The van der Waals surface area contributed by atoms with Crippen LogP contribution in [0.5, 0.6) is 5.75 Å². The topological polar surface area (TPSA) is 67.7 Å². The summed E-state index contributed by atoms with van der Waals surface area (Å²) >= 11 is 0. The summed E-state index contributed by atoms with van der Waals surface area (Å²) in [5.74, 6) is 0.800. The van der Waals surface area contributed by atoms with Gasteiger partial charge in [-0.25, -0.2) is 13.1 Å². The second-order valence-electron chi connectivity index (χ2n) is 8.08. The second kappa shape index (κ2) is 9.32. The number of benzene rings is 3. The van der Waals surface area contributed by atoms with E-state index in [1.165, 1.54) is 0 Å². The molecule has 1 saturated heterocycles. The van der Waals surface area contributed by atoms with Crippen LogP contribution in [0.1, 0.15) is 0 Å². The van der Waals surface area contributed by atoms with Gasteiger partial charge in [0.25, 0.3) is 0 Å². The van der Waals surface area contributed by atoms with Crippen molar-refractivity contribution in [1.29, 1.82) is 0 Å². The molecular formula is C26H26N4O3S. The summed E-state index contributed by atoms with van der Waals surface area (Å²) in [6, 6.07) is 26.9. The molecule has 0 spiro atoms. The van der Waals surface area contributed by atoms with Crippen LogP contribution in [0, 0.1) is 0 Å². The smallest absolute Gasteiger partial charge is 0.246 e. The third-order valence-electron chi connectivity index (χ3n) is 6.04. The van der Waals surface area contributed by atoms with E-state index in [9.17, 15) is 8.42 Å². The molecule has 34 heavy (non-hydrogen) atoms. The van der Waals surface area contributed by atoms with Crippen molar-refractivity contribution in [2.75, 3.05) is 38.2 Å². The number of ether oxygens (including phenoxy) is 1. The number of anilines is 1. The molecule has 0 N–H and O–H groups in total. The predicted molar refractivity (Wildman–Crippen MR) is 133 cm³/mol. The maximum atomic E-state index is 13.8. The fourth-order valence-electron chi connectivity index (χ4n) is 4.17. The summed E-state index contributed by atoms with van der Waals surface area (Å²) < 4.78 is 36.0. The van der Waals surface area contributed by atoms with Crippen molar-refractivity contribution in [3.63, 3.8) is 0 Å². The molecule has 7 nitrogen and oxygen atoms in total. The van der Waals surface area contributed by atoms with E-state index in [1.54, 1.807) is 22.3 Å². The molecule has 0 amide bonds. The number of rotatable bonds is 6. The van der Waals surface area contributed by atoms with Crippen LogP contribution < -0.4 is 9.64 Å². The molecular weight excluding hydrogens is 448 g/mol. The SMILES string of the molecule is COc1ccc(N2CCN(S(=O)(=O)c3cn(-c4ccccc4)nc3-c3ccccc3)CC2)cc1. The van der Waals surface area contributed by atoms with Crippen molar-refractivity contribution in [2.45, 2.75) is 4.90 Å². The average Bonchev–Trinajstić information content (AvgIpc) is 3.37. The second-order valence-corrected chi connectivity index (χ2v) is 9.98. The Kier molecular flexibility index (Phi) is 6.08. The third-order valence-corrected chi connectivity index (χ3v) is 7.94. The van der Waals surface area contributed by atoms with Crippen LogP contribution in [0.15, 0.2) is 96.0 Å². The van der Waals surface area contributed by atoms with Crippen molar-refractivity contribution in [3.8, 4) is 22.7 Å². The lowest BCUT2D eigenvalue weighted by atomic mass is 10.2. The van der Waals surface area contributed by atoms with Gasteiger partial charge in [-0.05, 0) is 36.4 Å². The fourth-order valence-corrected chi connectivity index (χ4v) is 5.73. The van der Waals surface area contributed by atoms with E-state index in [2.05, 4.69) is 10.00 Å². The Hall–Kier alpha value is -3.62. The Morgan fingerprint density at radius 3 is 2.00 bits per heavy atom. The molecule has 5 rings (SSSR count). The van der Waals surface area contributed by atoms with Crippen molar-refractivity contribution in [1.82, 2.24) is 14.1 Å². The molecule has 2 heterocycles. The van der Waals surface area contributed by atoms with Gasteiger partial charge in [0.05, 0.1) is 19.0 Å². The number of nitrogens with zero attached hydrogens (tertiary/aromatic N) is 4. The Bertz CT molecular complexity index is 1350. The third kappa shape index (κ3) is 4.30. The minimum atomic E-state index is -3.74. The van der Waals surface area contributed by atoms with E-state index in [0.717, 1.165) is 22.7 Å². The number of para-hydroxylation sites is 1. The molecule has 3 aromatic carbocycles. The van der Waals surface area contributed by atoms with Crippen molar-refractivity contribution < 1.29 is 13.2 Å². The Morgan fingerprint density at radius 1 is 0.765 bits per heavy atom. The molecule has 4 aromatic rings. The van der Waals surface area contributed by atoms with Gasteiger partial charge in [0.2, 0.25) is 10.0 Å². The van der Waals surface area contributed by atoms with Crippen LogP contribution in [-0.2, 0) is 10.0 Å². The highest BCUT2D eigenvalue weighted by Gasteiger charge is 2.33. The summed E-state index contributed by atoms with van der Waals surface area (Å²) in [5, 5.41) is 4.68. The first-order valence-corrected chi connectivity index (χ1v) is 12.6. The highest BCUT2D eigenvalue weighted by molar-refractivity contribution is 7.89. The summed E-state index contributed by atoms with van der Waals surface area (Å²) in [5.41, 5.74) is 3.10. The van der Waals surface area contributed by atoms with E-state index >= 15 is 0 Å². The van der Waals surface area contributed by atoms with Gasteiger partial charge in [-0.15, -0.1) is 0 Å². The molecule has 1 aliphatic heterocycles. The van der Waals surface area contributed by atoms with Crippen molar-refractivity contribution in [3.05, 3.63) is 91.1 Å². The number of piperazine rings is 1. The van der Waals surface area contributed by atoms with Crippen LogP contribution >= 0.6 is 0 Å². The van der Waals surface area contributed by atoms with Crippen molar-refractivity contribution >= 4 is 15.7 Å². The lowest BCUT2D eigenvalue weighted by molar-refractivity contribution is 0.385. The maximum absolute atomic E-state index is 13.8. The normalized spacial score (nSPS) is 14.8. The van der Waals surface area contributed by atoms with Gasteiger partial charge in [-0.3, -0.25) is 0 Å². The van der Waals surface area contributed by atoms with E-state index in [-0.39, 0.29) is 4.90 Å². The highest BCUT2D eigenvalue weighted by atomic mass is 32.2. The van der Waals surface area contributed by atoms with Crippen LogP contribution in [0.4, 0.5) is 5.69 Å². The molecule has 0 atom stereocenters. The van der Waals surface area contributed by atoms with Gasteiger partial charge in [0.1, 0.15) is 16.3 Å². The first kappa shape index (κ1) is 22.2. The first-order chi connectivity index (χ1) is 16.6. The molecule has 1 aliphatic rings. The molecule has 1 fully saturated rings. The Morgan fingerprint density at radius 2 is 1.38 bits per heavy atom. The van der Waals surface area contributed by atoms with Gasteiger partial charge in [0, 0.05) is 37.4 Å². The van der Waals surface area contributed by atoms with E-state index in [1.807, 2.05) is 84.9 Å². The molecule has 0 unspecified atom stereocenters. The van der Waals surface area contributed by atoms with Crippen LogP contribution in [0.2, 0.25) is 0 Å². The van der Waals surface area contributed by atoms with Crippen LogP contribution in [-0.4, -0.2) is 55.8 Å². The van der Waals surface area contributed by atoms with Crippen LogP contribution in [0.25, 0.3) is 16.9 Å². The number of sulfonamides is 1. The standard InChI is InChI=1S/C26H26N4O3S/c1-33-24-14-12-22(13-15-24)28-16-18-29(19-17-28)34(31,32)25-20-30(23-10-6-3-7-11-23)27-26(25)21-8-4-2-5-9-21/h2-15,20H,16-19H2,1H3. The molecule has 0 radical (unpaired) electrons. The number of methoxy groups -OCH3 is 1. The zero-order chi connectivity index (χ0) is 23.5. The molecule has 8 heteroatoms. The molecule has 174 valence electrons. The monoisotopic (exact) mass is 474 g/mol. The summed E-state index contributed by atoms with van der Waals surface area (Å²) in [6.45, 7) is 2.02. The fraction of sp³-hybridized carbons (Fsp3) is 0.192. The average molecular weight is 475 g/mol. The minimum Gasteiger partial charge on any atom is -0.497 e. The summed E-state index contributed by atoms with van der Waals surface area (Å²) in [7, 11) is -2.10. The maximum Gasteiger partial charge on any atom is 0.246 e. The Balaban J connectivity index is 1.44. The van der Waals surface area contributed by atoms with Crippen LogP contribution in [0.3, 0.4) is 0 Å². The van der Waals surface area contributed by atoms with Gasteiger partial charge < -0.3 is 9.64 Å². The zero-order valence-electron chi connectivity index (χ0n) is 18.9. The lowest BCUT2D eigenvalue weighted by Gasteiger charge is -2.35. The predicted octanol–water partition coefficient (Wildman–Crippen LogP) is 4.06. The lowest BCUT2D eigenvalue weighted by Crippen LogP contribution is -2.48. The number of hydrogen-bond donors (Lipinski definition) is 0. The van der Waals surface area contributed by atoms with Gasteiger partial charge in [-0.2, -0.15) is 9.40 Å². The summed E-state index contributed by atoms with van der Waals surface area (Å²) in [4.78, 5) is 2.41. The number of hydrogen-bond acceptors (Lipinski definition) is 5. The van der Waals surface area contributed by atoms with Gasteiger partial charge >= 0.3 is 0 Å². The largest absolute Gasteiger partial charge is 0.497 e. The number of aromatic nitrogens is 2. The molecule has 0 saturated carbocycles. The summed E-state index contributed by atoms with van der Waals surface area (Å²) in [6.07, 6.45) is 1.63. The highest BCUT2D eigenvalue weighted by Crippen LogP contribution is 2.30. The minimum absolute atomic E-state index is 0.223. The van der Waals surface area contributed by atoms with Crippen molar-refractivity contribution in [2.24, 2.45) is 0 Å². The molecule has 1 aromatic heterocycles.